The zero-order valence-corrected chi connectivity index (χ0v) is 11.9. The van der Waals surface area contributed by atoms with E-state index in [0.29, 0.717) is 23.8 Å². The fraction of sp³-hybridized carbons (Fsp3) is 0.357. The molecule has 0 aliphatic carbocycles. The Hall–Kier alpha value is -2.37. The highest BCUT2D eigenvalue weighted by Crippen LogP contribution is 2.16. The van der Waals surface area contributed by atoms with Gasteiger partial charge in [-0.1, -0.05) is 0 Å². The first kappa shape index (κ1) is 14.0. The summed E-state index contributed by atoms with van der Waals surface area (Å²) in [5.74, 6) is 0.526. The van der Waals surface area contributed by atoms with Crippen LogP contribution in [0.1, 0.15) is 41.9 Å². The Kier molecular flexibility index (Phi) is 4.02. The molecule has 0 fully saturated rings. The Labute approximate surface area is 118 Å². The second-order valence-corrected chi connectivity index (χ2v) is 4.94. The van der Waals surface area contributed by atoms with Crippen LogP contribution in [0.4, 0.5) is 5.69 Å². The number of hydrogen-bond donors (Lipinski definition) is 2. The Morgan fingerprint density at radius 3 is 2.90 bits per heavy atom. The van der Waals surface area contributed by atoms with Crippen molar-refractivity contribution in [2.24, 2.45) is 0 Å². The van der Waals surface area contributed by atoms with E-state index in [9.17, 15) is 4.79 Å². The minimum atomic E-state index is -0.160. The smallest absolute Gasteiger partial charge is 0.268 e. The molecule has 0 aliphatic heterocycles. The highest BCUT2D eigenvalue weighted by molar-refractivity contribution is 5.93. The molecular formula is C14H19N5O. The number of nitrogens with two attached hydrogens (primary N) is 1. The van der Waals surface area contributed by atoms with Crippen LogP contribution in [0.2, 0.25) is 0 Å². The Morgan fingerprint density at radius 1 is 1.50 bits per heavy atom. The molecule has 0 aromatic carbocycles. The third kappa shape index (κ3) is 3.14. The summed E-state index contributed by atoms with van der Waals surface area (Å²) < 4.78 is 1.86. The van der Waals surface area contributed by atoms with E-state index in [-0.39, 0.29) is 11.9 Å². The summed E-state index contributed by atoms with van der Waals surface area (Å²) in [4.78, 5) is 20.5. The van der Waals surface area contributed by atoms with Gasteiger partial charge in [0.05, 0.1) is 17.9 Å². The first-order valence-electron chi connectivity index (χ1n) is 6.51. The number of nitrogen functional groups attached to an aromatic ring is 1. The molecular weight excluding hydrogens is 254 g/mol. The molecule has 0 spiro atoms. The zero-order chi connectivity index (χ0) is 14.7. The lowest BCUT2D eigenvalue weighted by molar-refractivity contribution is 0.0939. The van der Waals surface area contributed by atoms with Crippen LogP contribution in [0.3, 0.4) is 0 Å². The maximum atomic E-state index is 12.2. The minimum Gasteiger partial charge on any atom is -0.397 e. The van der Waals surface area contributed by atoms with Crippen LogP contribution >= 0.6 is 0 Å². The number of nitrogens with one attached hydrogen (secondary N) is 1. The highest BCUT2D eigenvalue weighted by Gasteiger charge is 2.14. The van der Waals surface area contributed by atoms with Crippen LogP contribution in [-0.4, -0.2) is 20.4 Å². The fourth-order valence-electron chi connectivity index (χ4n) is 1.97. The number of aromatic nitrogens is 3. The summed E-state index contributed by atoms with van der Waals surface area (Å²) in [5.41, 5.74) is 7.68. The fourth-order valence-corrected chi connectivity index (χ4v) is 1.97. The molecule has 0 unspecified atom stereocenters. The van der Waals surface area contributed by atoms with E-state index in [2.05, 4.69) is 15.3 Å². The molecule has 2 aromatic rings. The van der Waals surface area contributed by atoms with Gasteiger partial charge in [0.15, 0.2) is 0 Å². The summed E-state index contributed by atoms with van der Waals surface area (Å²) in [7, 11) is 0. The predicted octanol–water partition coefficient (Wildman–Crippen LogP) is 1.68. The average molecular weight is 273 g/mol. The van der Waals surface area contributed by atoms with Gasteiger partial charge in [0.1, 0.15) is 11.5 Å². The van der Waals surface area contributed by atoms with Gasteiger partial charge in [-0.2, -0.15) is 0 Å². The van der Waals surface area contributed by atoms with Gasteiger partial charge in [0, 0.05) is 18.4 Å². The minimum absolute atomic E-state index is 0.160. The number of hydrogen-bond acceptors (Lipinski definition) is 4. The van der Waals surface area contributed by atoms with Gasteiger partial charge in [-0.25, -0.2) is 9.97 Å². The molecule has 2 heterocycles. The van der Waals surface area contributed by atoms with Gasteiger partial charge < -0.3 is 15.6 Å². The largest absolute Gasteiger partial charge is 0.397 e. The van der Waals surface area contributed by atoms with Gasteiger partial charge in [-0.15, -0.1) is 0 Å². The van der Waals surface area contributed by atoms with Gasteiger partial charge in [-0.3, -0.25) is 4.79 Å². The van der Waals surface area contributed by atoms with Crippen molar-refractivity contribution in [3.63, 3.8) is 0 Å². The van der Waals surface area contributed by atoms with Gasteiger partial charge in [-0.05, 0) is 32.9 Å². The van der Waals surface area contributed by atoms with E-state index in [1.165, 1.54) is 0 Å². The number of anilines is 1. The molecule has 1 amide bonds. The number of carbonyl (C=O) groups is 1. The summed E-state index contributed by atoms with van der Waals surface area (Å²) in [6, 6.07) is 3.64. The van der Waals surface area contributed by atoms with Gasteiger partial charge in [0.25, 0.3) is 5.91 Å². The lowest BCUT2D eigenvalue weighted by atomic mass is 10.3. The SMILES string of the molecule is Cc1nccc(CNC(=O)c2cc(N)cn2C(C)C)n1. The maximum absolute atomic E-state index is 12.2. The van der Waals surface area contributed by atoms with E-state index in [1.807, 2.05) is 25.3 Å². The predicted molar refractivity (Wildman–Crippen MR) is 77.2 cm³/mol. The van der Waals surface area contributed by atoms with Crippen molar-refractivity contribution in [2.45, 2.75) is 33.4 Å². The van der Waals surface area contributed by atoms with Crippen LogP contribution in [-0.2, 0) is 6.54 Å². The van der Waals surface area contributed by atoms with E-state index >= 15 is 0 Å². The average Bonchev–Trinajstić information content (AvgIpc) is 2.78. The van der Waals surface area contributed by atoms with E-state index in [0.717, 1.165) is 5.69 Å². The van der Waals surface area contributed by atoms with E-state index < -0.39 is 0 Å². The first-order chi connectivity index (χ1) is 9.47. The molecule has 106 valence electrons. The number of carbonyl (C=O) groups excluding carboxylic acids is 1. The van der Waals surface area contributed by atoms with Crippen molar-refractivity contribution < 1.29 is 4.79 Å². The van der Waals surface area contributed by atoms with Crippen molar-refractivity contribution in [3.05, 3.63) is 41.7 Å². The molecule has 0 saturated heterocycles. The molecule has 0 radical (unpaired) electrons. The summed E-state index contributed by atoms with van der Waals surface area (Å²) >= 11 is 0. The lowest BCUT2D eigenvalue weighted by Gasteiger charge is -2.12. The van der Waals surface area contributed by atoms with Crippen LogP contribution in [0.15, 0.2) is 24.5 Å². The first-order valence-corrected chi connectivity index (χ1v) is 6.51. The van der Waals surface area contributed by atoms with E-state index in [1.54, 1.807) is 24.5 Å². The summed E-state index contributed by atoms with van der Waals surface area (Å²) in [5, 5.41) is 2.85. The summed E-state index contributed by atoms with van der Waals surface area (Å²) in [6.45, 7) is 6.19. The quantitative estimate of drug-likeness (QED) is 0.887. The second kappa shape index (κ2) is 5.73. The molecule has 0 saturated carbocycles. The molecule has 2 rings (SSSR count). The Balaban J connectivity index is 2.09. The topological polar surface area (TPSA) is 85.8 Å². The number of nitrogens with zero attached hydrogens (tertiary/aromatic N) is 3. The van der Waals surface area contributed by atoms with Crippen molar-refractivity contribution >= 4 is 11.6 Å². The van der Waals surface area contributed by atoms with Crippen molar-refractivity contribution in [1.82, 2.24) is 19.9 Å². The third-order valence-corrected chi connectivity index (χ3v) is 2.92. The molecule has 20 heavy (non-hydrogen) atoms. The maximum Gasteiger partial charge on any atom is 0.268 e. The van der Waals surface area contributed by atoms with Crippen LogP contribution in [0, 0.1) is 6.92 Å². The number of rotatable bonds is 4. The van der Waals surface area contributed by atoms with Crippen LogP contribution < -0.4 is 11.1 Å². The van der Waals surface area contributed by atoms with Crippen molar-refractivity contribution in [2.75, 3.05) is 5.73 Å². The van der Waals surface area contributed by atoms with Crippen molar-refractivity contribution in [1.29, 1.82) is 0 Å². The zero-order valence-electron chi connectivity index (χ0n) is 11.9. The Bertz CT molecular complexity index is 618. The number of aryl methyl sites for hydroxylation is 1. The number of amides is 1. The molecule has 0 bridgehead atoms. The standard InChI is InChI=1S/C14H19N5O/c1-9(2)19-8-11(15)6-13(19)14(20)17-7-12-4-5-16-10(3)18-12/h4-6,8-9H,7,15H2,1-3H3,(H,17,20). The second-order valence-electron chi connectivity index (χ2n) is 4.94. The van der Waals surface area contributed by atoms with Gasteiger partial charge >= 0.3 is 0 Å². The molecule has 0 atom stereocenters. The molecule has 2 aromatic heterocycles. The Morgan fingerprint density at radius 2 is 2.25 bits per heavy atom. The monoisotopic (exact) mass is 273 g/mol. The third-order valence-electron chi connectivity index (χ3n) is 2.92. The van der Waals surface area contributed by atoms with Gasteiger partial charge in [0.2, 0.25) is 0 Å². The molecule has 0 aliphatic rings. The lowest BCUT2D eigenvalue weighted by Crippen LogP contribution is -2.26. The van der Waals surface area contributed by atoms with Crippen molar-refractivity contribution in [3.8, 4) is 0 Å². The highest BCUT2D eigenvalue weighted by atomic mass is 16.1. The molecule has 3 N–H and O–H groups in total. The van der Waals surface area contributed by atoms with E-state index in [4.69, 9.17) is 5.73 Å². The molecule has 6 nitrogen and oxygen atoms in total. The summed E-state index contributed by atoms with van der Waals surface area (Å²) in [6.07, 6.45) is 3.45. The normalized spacial score (nSPS) is 10.8. The molecule has 6 heteroatoms. The van der Waals surface area contributed by atoms with Crippen LogP contribution in [0.5, 0.6) is 0 Å². The van der Waals surface area contributed by atoms with Crippen LogP contribution in [0.25, 0.3) is 0 Å².